The van der Waals surface area contributed by atoms with Gasteiger partial charge < -0.3 is 14.4 Å². The van der Waals surface area contributed by atoms with Crippen LogP contribution in [-0.2, 0) is 17.8 Å². The first-order chi connectivity index (χ1) is 25.4. The Morgan fingerprint density at radius 3 is 2.25 bits per heavy atom. The van der Waals surface area contributed by atoms with Gasteiger partial charge in [0.15, 0.2) is 0 Å². The largest absolute Gasteiger partial charge is 0.487 e. The first kappa shape index (κ1) is 40.1. The molecule has 0 fully saturated rings. The maximum Gasteiger partial charge on any atom is 0.378 e. The summed E-state index contributed by atoms with van der Waals surface area (Å²) in [5, 5.41) is 1.07. The lowest BCUT2D eigenvalue weighted by molar-refractivity contribution is -0.661. The minimum atomic E-state index is -0.299. The van der Waals surface area contributed by atoms with Gasteiger partial charge >= 0.3 is 5.97 Å². The molecule has 0 bridgehead atoms. The Kier molecular flexibility index (Phi) is 14.2. The number of esters is 1. The number of benzene rings is 3. The maximum atomic E-state index is 13.6. The van der Waals surface area contributed by atoms with Gasteiger partial charge in [0, 0.05) is 43.4 Å². The lowest BCUT2D eigenvalue weighted by atomic mass is 9.85. The Bertz CT molecular complexity index is 1830. The van der Waals surface area contributed by atoms with Gasteiger partial charge in [0.1, 0.15) is 17.1 Å². The molecular formula is C48H65N2O3+. The number of para-hydroxylation sites is 1. The van der Waals surface area contributed by atoms with Crippen LogP contribution in [0.4, 0.5) is 5.69 Å². The van der Waals surface area contributed by atoms with Crippen LogP contribution in [0.15, 0.2) is 72.8 Å². The average molecular weight is 718 g/mol. The van der Waals surface area contributed by atoms with Gasteiger partial charge in [-0.1, -0.05) is 96.9 Å². The van der Waals surface area contributed by atoms with Gasteiger partial charge in [-0.05, 0) is 116 Å². The molecule has 1 aromatic heterocycles. The molecule has 3 unspecified atom stereocenters. The van der Waals surface area contributed by atoms with Crippen molar-refractivity contribution >= 4 is 34.7 Å². The van der Waals surface area contributed by atoms with Crippen LogP contribution >= 0.6 is 0 Å². The Morgan fingerprint density at radius 1 is 0.868 bits per heavy atom. The predicted molar refractivity (Wildman–Crippen MR) is 223 cm³/mol. The second kappa shape index (κ2) is 18.8. The van der Waals surface area contributed by atoms with Crippen LogP contribution in [0.2, 0.25) is 0 Å². The van der Waals surface area contributed by atoms with Crippen LogP contribution in [0.3, 0.4) is 0 Å². The van der Waals surface area contributed by atoms with E-state index in [0.717, 1.165) is 81.7 Å². The normalized spacial score (nSPS) is 16.8. The van der Waals surface area contributed by atoms with Gasteiger partial charge in [-0.3, -0.25) is 0 Å². The zero-order valence-corrected chi connectivity index (χ0v) is 33.9. The molecule has 0 N–H and O–H groups in total. The summed E-state index contributed by atoms with van der Waals surface area (Å²) in [4.78, 5) is 15.7. The third-order valence-electron chi connectivity index (χ3n) is 11.2. The van der Waals surface area contributed by atoms with Gasteiger partial charge in [0.2, 0.25) is 17.8 Å². The Labute approximate surface area is 320 Å². The van der Waals surface area contributed by atoms with Crippen molar-refractivity contribution in [1.82, 2.24) is 0 Å². The van der Waals surface area contributed by atoms with E-state index in [2.05, 4.69) is 107 Å². The molecule has 0 radical (unpaired) electrons. The second-order valence-corrected chi connectivity index (χ2v) is 16.8. The molecule has 284 valence electrons. The molecule has 5 rings (SSSR count). The van der Waals surface area contributed by atoms with E-state index in [1.165, 1.54) is 51.4 Å². The third kappa shape index (κ3) is 11.7. The summed E-state index contributed by atoms with van der Waals surface area (Å²) in [6.45, 7) is 14.0. The van der Waals surface area contributed by atoms with E-state index in [1.807, 2.05) is 42.9 Å². The lowest BCUT2D eigenvalue weighted by Gasteiger charge is -2.37. The van der Waals surface area contributed by atoms with Gasteiger partial charge in [-0.15, -0.1) is 0 Å². The summed E-state index contributed by atoms with van der Waals surface area (Å²) in [6.07, 6.45) is 17.7. The van der Waals surface area contributed by atoms with Crippen molar-refractivity contribution in [3.05, 3.63) is 95.2 Å². The number of carbonyl (C=O) groups is 1. The second-order valence-electron chi connectivity index (χ2n) is 16.8. The highest BCUT2D eigenvalue weighted by Crippen LogP contribution is 2.40. The third-order valence-corrected chi connectivity index (χ3v) is 11.2. The zero-order valence-electron chi connectivity index (χ0n) is 33.9. The number of anilines is 1. The number of pyridine rings is 1. The van der Waals surface area contributed by atoms with Gasteiger partial charge in [-0.2, -0.15) is 4.57 Å². The Hall–Kier alpha value is -4.12. The molecular weight excluding hydrogens is 653 g/mol. The highest BCUT2D eigenvalue weighted by Gasteiger charge is 2.33. The quantitative estimate of drug-likeness (QED) is 0.0584. The van der Waals surface area contributed by atoms with Crippen LogP contribution < -0.4 is 18.9 Å². The molecule has 1 aliphatic heterocycles. The van der Waals surface area contributed by atoms with Crippen molar-refractivity contribution < 1.29 is 18.8 Å². The monoisotopic (exact) mass is 717 g/mol. The average Bonchev–Trinajstić information content (AvgIpc) is 3.11. The summed E-state index contributed by atoms with van der Waals surface area (Å²) in [7, 11) is 4.08. The fourth-order valence-electron chi connectivity index (χ4n) is 7.84. The van der Waals surface area contributed by atoms with E-state index >= 15 is 0 Å². The summed E-state index contributed by atoms with van der Waals surface area (Å²) in [5.41, 5.74) is 6.16. The molecule has 0 saturated carbocycles. The lowest BCUT2D eigenvalue weighted by Crippen LogP contribution is -2.43. The van der Waals surface area contributed by atoms with E-state index < -0.39 is 0 Å². The molecule has 1 aliphatic rings. The van der Waals surface area contributed by atoms with Gasteiger partial charge in [0.25, 0.3) is 0 Å². The van der Waals surface area contributed by atoms with Crippen molar-refractivity contribution in [2.75, 3.05) is 19.0 Å². The predicted octanol–water partition coefficient (Wildman–Crippen LogP) is 11.8. The van der Waals surface area contributed by atoms with Crippen LogP contribution in [-0.4, -0.2) is 25.7 Å². The molecule has 3 atom stereocenters. The SMILES string of the molecule is Cc1cc(OC(=O)C[n+]2c(/C=C/c3ccc(N(C)C)cc3)ccc3ccccc32)cc2c1OC(C)(CCCC(C)CCCC(C)CCCC(C)C)CC2. The van der Waals surface area contributed by atoms with E-state index in [-0.39, 0.29) is 18.1 Å². The standard InChI is InChI=1S/C48H65N2O3/c1-35(2)14-11-15-36(3)16-12-17-37(4)18-13-30-48(6)31-29-41-33-44(32-38(5)47(41)53-48)52-46(51)34-50-43(28-24-40-19-9-10-20-45(40)50)27-23-39-21-25-42(26-22-39)49(7)8/h9-10,19-28,32-33,35-37H,11-18,29-31,34H2,1-8H3/q+1. The van der Waals surface area contributed by atoms with Crippen molar-refractivity contribution in [2.45, 2.75) is 124 Å². The van der Waals surface area contributed by atoms with E-state index in [4.69, 9.17) is 9.47 Å². The minimum absolute atomic E-state index is 0.0983. The van der Waals surface area contributed by atoms with E-state index in [0.29, 0.717) is 5.75 Å². The van der Waals surface area contributed by atoms with Crippen LogP contribution in [0, 0.1) is 24.7 Å². The Balaban J connectivity index is 1.16. The number of ether oxygens (including phenoxy) is 2. The number of fused-ring (bicyclic) bond motifs is 2. The molecule has 53 heavy (non-hydrogen) atoms. The van der Waals surface area contributed by atoms with E-state index in [1.54, 1.807) is 0 Å². The molecule has 5 nitrogen and oxygen atoms in total. The molecule has 4 aromatic rings. The topological polar surface area (TPSA) is 42.7 Å². The minimum Gasteiger partial charge on any atom is -0.487 e. The number of aryl methyl sites for hydroxylation is 2. The molecule has 3 aromatic carbocycles. The number of hydrogen-bond donors (Lipinski definition) is 0. The molecule has 5 heteroatoms. The first-order valence-corrected chi connectivity index (χ1v) is 20.3. The van der Waals surface area contributed by atoms with Crippen LogP contribution in [0.1, 0.15) is 121 Å². The smallest absolute Gasteiger partial charge is 0.378 e. The van der Waals surface area contributed by atoms with Crippen molar-refractivity contribution in [2.24, 2.45) is 17.8 Å². The number of nitrogens with zero attached hydrogens (tertiary/aromatic N) is 2. The van der Waals surface area contributed by atoms with Gasteiger partial charge in [-0.25, -0.2) is 4.79 Å². The fourth-order valence-corrected chi connectivity index (χ4v) is 7.84. The summed E-state index contributed by atoms with van der Waals surface area (Å²) < 4.78 is 14.8. The van der Waals surface area contributed by atoms with E-state index in [9.17, 15) is 4.79 Å². The zero-order chi connectivity index (χ0) is 38.0. The molecule has 0 spiro atoms. The number of aromatic nitrogens is 1. The number of rotatable bonds is 18. The first-order valence-electron chi connectivity index (χ1n) is 20.3. The van der Waals surface area contributed by atoms with Crippen molar-refractivity contribution in [1.29, 1.82) is 0 Å². The number of hydrogen-bond acceptors (Lipinski definition) is 4. The van der Waals surface area contributed by atoms with Crippen molar-refractivity contribution in [3.63, 3.8) is 0 Å². The molecule has 0 amide bonds. The van der Waals surface area contributed by atoms with Crippen LogP contribution in [0.5, 0.6) is 11.5 Å². The molecule has 0 aliphatic carbocycles. The van der Waals surface area contributed by atoms with Crippen LogP contribution in [0.25, 0.3) is 23.1 Å². The molecule has 2 heterocycles. The summed E-state index contributed by atoms with van der Waals surface area (Å²) >= 11 is 0. The highest BCUT2D eigenvalue weighted by atomic mass is 16.5. The van der Waals surface area contributed by atoms with Crippen molar-refractivity contribution in [3.8, 4) is 11.5 Å². The maximum absolute atomic E-state index is 13.6. The molecule has 0 saturated heterocycles. The Morgan fingerprint density at radius 2 is 1.55 bits per heavy atom. The summed E-state index contributed by atoms with van der Waals surface area (Å²) in [6, 6.07) is 24.7. The fraction of sp³-hybridized carbons (Fsp3) is 0.500. The highest BCUT2D eigenvalue weighted by molar-refractivity contribution is 5.79. The number of carbonyl (C=O) groups excluding carboxylic acids is 1. The van der Waals surface area contributed by atoms with Gasteiger partial charge in [0.05, 0.1) is 0 Å². The summed E-state index contributed by atoms with van der Waals surface area (Å²) in [5.74, 6) is 3.68.